The summed E-state index contributed by atoms with van der Waals surface area (Å²) >= 11 is 0. The van der Waals surface area contributed by atoms with Crippen molar-refractivity contribution in [2.75, 3.05) is 19.0 Å². The zero-order chi connectivity index (χ0) is 15.0. The van der Waals surface area contributed by atoms with Crippen molar-refractivity contribution < 1.29 is 9.47 Å². The molecule has 0 spiro atoms. The van der Waals surface area contributed by atoms with E-state index in [1.807, 2.05) is 24.3 Å². The molecule has 3 unspecified atom stereocenters. The number of anilines is 1. The third-order valence-corrected chi connectivity index (χ3v) is 4.66. The first kappa shape index (κ1) is 14.2. The van der Waals surface area contributed by atoms with Gasteiger partial charge in [0.05, 0.1) is 19.3 Å². The molecule has 5 nitrogen and oxygen atoms in total. The van der Waals surface area contributed by atoms with E-state index in [2.05, 4.69) is 19.2 Å². The summed E-state index contributed by atoms with van der Waals surface area (Å²) in [7, 11) is 1.65. The Balaban J connectivity index is 1.71. The van der Waals surface area contributed by atoms with Crippen LogP contribution >= 0.6 is 0 Å². The minimum atomic E-state index is 0.0574. The van der Waals surface area contributed by atoms with E-state index in [9.17, 15) is 0 Å². The molecule has 1 aromatic carbocycles. The minimum absolute atomic E-state index is 0.0574. The maximum Gasteiger partial charge on any atom is 0.193 e. The lowest BCUT2D eigenvalue weighted by molar-refractivity contribution is -0.0985. The van der Waals surface area contributed by atoms with E-state index in [1.165, 1.54) is 0 Å². The Morgan fingerprint density at radius 2 is 2.29 bits per heavy atom. The fourth-order valence-corrected chi connectivity index (χ4v) is 3.59. The summed E-state index contributed by atoms with van der Waals surface area (Å²) in [6.45, 7) is 5.24. The zero-order valence-electron chi connectivity index (χ0n) is 12.8. The molecule has 3 atom stereocenters. The first-order valence-electron chi connectivity index (χ1n) is 7.38. The van der Waals surface area contributed by atoms with Crippen molar-refractivity contribution in [3.05, 3.63) is 24.3 Å². The van der Waals surface area contributed by atoms with Gasteiger partial charge in [-0.2, -0.15) is 0 Å². The molecule has 0 radical (unpaired) electrons. The molecule has 1 aliphatic carbocycles. The molecule has 21 heavy (non-hydrogen) atoms. The predicted molar refractivity (Wildman–Crippen MR) is 83.7 cm³/mol. The number of methoxy groups -OCH3 is 1. The van der Waals surface area contributed by atoms with E-state index in [0.29, 0.717) is 18.0 Å². The highest BCUT2D eigenvalue weighted by molar-refractivity contribution is 5.92. The lowest BCUT2D eigenvalue weighted by Gasteiger charge is -2.52. The van der Waals surface area contributed by atoms with Gasteiger partial charge in [0.1, 0.15) is 5.75 Å². The van der Waals surface area contributed by atoms with E-state index in [0.717, 1.165) is 24.5 Å². The van der Waals surface area contributed by atoms with Crippen molar-refractivity contribution in [2.24, 2.45) is 22.1 Å². The standard InChI is InChI=1S/C16H23N3O2/c1-16(2)13(12-7-8-21-14(12)16)19-15(17)18-10-5-4-6-11(9-10)20-3/h4-6,9,12-14H,7-8H2,1-3H3,(H3,17,18,19). The van der Waals surface area contributed by atoms with Crippen LogP contribution in [0.15, 0.2) is 29.3 Å². The number of fused-ring (bicyclic) bond motifs is 1. The fourth-order valence-electron chi connectivity index (χ4n) is 3.59. The highest BCUT2D eigenvalue weighted by atomic mass is 16.5. The summed E-state index contributed by atoms with van der Waals surface area (Å²) in [6.07, 6.45) is 1.41. The van der Waals surface area contributed by atoms with Crippen molar-refractivity contribution in [3.63, 3.8) is 0 Å². The van der Waals surface area contributed by atoms with Gasteiger partial charge in [-0.15, -0.1) is 0 Å². The fraction of sp³-hybridized carbons (Fsp3) is 0.562. The second-order valence-corrected chi connectivity index (χ2v) is 6.38. The molecule has 2 fully saturated rings. The molecular weight excluding hydrogens is 266 g/mol. The number of nitrogens with one attached hydrogen (secondary N) is 1. The van der Waals surface area contributed by atoms with Gasteiger partial charge in [0, 0.05) is 29.7 Å². The summed E-state index contributed by atoms with van der Waals surface area (Å²) in [5.41, 5.74) is 7.01. The predicted octanol–water partition coefficient (Wildman–Crippen LogP) is 2.24. The van der Waals surface area contributed by atoms with Crippen LogP contribution in [0.4, 0.5) is 5.69 Å². The summed E-state index contributed by atoms with van der Waals surface area (Å²) in [6, 6.07) is 7.88. The van der Waals surface area contributed by atoms with Crippen LogP contribution in [-0.2, 0) is 4.74 Å². The number of nitrogens with two attached hydrogens (primary N) is 1. The Hall–Kier alpha value is -1.75. The molecule has 3 rings (SSSR count). The molecule has 1 saturated carbocycles. The second kappa shape index (κ2) is 5.22. The molecule has 1 saturated heterocycles. The maximum absolute atomic E-state index is 6.07. The van der Waals surface area contributed by atoms with Crippen LogP contribution in [0.2, 0.25) is 0 Å². The van der Waals surface area contributed by atoms with Crippen LogP contribution in [0.1, 0.15) is 20.3 Å². The van der Waals surface area contributed by atoms with Gasteiger partial charge in [-0.25, -0.2) is 4.99 Å². The Labute approximate surface area is 125 Å². The number of benzene rings is 1. The average Bonchev–Trinajstić information content (AvgIpc) is 2.92. The number of guanidine groups is 1. The zero-order valence-corrected chi connectivity index (χ0v) is 12.8. The molecule has 5 heteroatoms. The smallest absolute Gasteiger partial charge is 0.193 e. The largest absolute Gasteiger partial charge is 0.497 e. The van der Waals surface area contributed by atoms with Crippen LogP contribution in [0, 0.1) is 11.3 Å². The molecule has 2 aliphatic rings. The molecule has 1 aromatic rings. The van der Waals surface area contributed by atoms with Crippen molar-refractivity contribution >= 4 is 11.6 Å². The van der Waals surface area contributed by atoms with Crippen molar-refractivity contribution in [1.82, 2.24) is 0 Å². The molecule has 0 bridgehead atoms. The highest BCUT2D eigenvalue weighted by Crippen LogP contribution is 2.53. The Morgan fingerprint density at radius 1 is 1.48 bits per heavy atom. The Morgan fingerprint density at radius 3 is 3.05 bits per heavy atom. The molecular formula is C16H23N3O2. The number of hydrogen-bond acceptors (Lipinski definition) is 3. The van der Waals surface area contributed by atoms with Crippen molar-refractivity contribution in [2.45, 2.75) is 32.4 Å². The molecule has 1 heterocycles. The van der Waals surface area contributed by atoms with Crippen molar-refractivity contribution in [3.8, 4) is 5.75 Å². The topological polar surface area (TPSA) is 68.9 Å². The van der Waals surface area contributed by atoms with Crippen molar-refractivity contribution in [1.29, 1.82) is 0 Å². The van der Waals surface area contributed by atoms with Gasteiger partial charge in [0.15, 0.2) is 5.96 Å². The summed E-state index contributed by atoms with van der Waals surface area (Å²) in [4.78, 5) is 4.69. The molecule has 114 valence electrons. The van der Waals surface area contributed by atoms with Crippen LogP contribution < -0.4 is 15.8 Å². The summed E-state index contributed by atoms with van der Waals surface area (Å²) < 4.78 is 11.0. The van der Waals surface area contributed by atoms with Crippen LogP contribution in [0.25, 0.3) is 0 Å². The molecule has 0 aromatic heterocycles. The number of hydrogen-bond donors (Lipinski definition) is 2. The Kier molecular flexibility index (Phi) is 3.53. The van der Waals surface area contributed by atoms with Crippen LogP contribution in [-0.4, -0.2) is 31.8 Å². The molecule has 0 amide bonds. The van der Waals surface area contributed by atoms with Gasteiger partial charge in [-0.05, 0) is 18.6 Å². The van der Waals surface area contributed by atoms with E-state index < -0.39 is 0 Å². The van der Waals surface area contributed by atoms with Gasteiger partial charge >= 0.3 is 0 Å². The van der Waals surface area contributed by atoms with Gasteiger partial charge in [-0.3, -0.25) is 0 Å². The van der Waals surface area contributed by atoms with E-state index in [-0.39, 0.29) is 11.5 Å². The van der Waals surface area contributed by atoms with E-state index in [4.69, 9.17) is 20.2 Å². The summed E-state index contributed by atoms with van der Waals surface area (Å²) in [5.74, 6) is 1.75. The number of rotatable bonds is 3. The third kappa shape index (κ3) is 2.46. The first-order valence-corrected chi connectivity index (χ1v) is 7.38. The number of nitrogens with zero attached hydrogens (tertiary/aromatic N) is 1. The van der Waals surface area contributed by atoms with Gasteiger partial charge in [0.2, 0.25) is 0 Å². The quantitative estimate of drug-likeness (QED) is 0.661. The monoisotopic (exact) mass is 289 g/mol. The van der Waals surface area contributed by atoms with Crippen LogP contribution in [0.3, 0.4) is 0 Å². The van der Waals surface area contributed by atoms with E-state index >= 15 is 0 Å². The van der Waals surface area contributed by atoms with Gasteiger partial charge in [0.25, 0.3) is 0 Å². The normalized spacial score (nSPS) is 30.4. The number of aliphatic imine (C=N–C) groups is 1. The van der Waals surface area contributed by atoms with Gasteiger partial charge in [-0.1, -0.05) is 19.9 Å². The van der Waals surface area contributed by atoms with Crippen LogP contribution in [0.5, 0.6) is 5.75 Å². The average molecular weight is 289 g/mol. The SMILES string of the molecule is COc1cccc(NC(N)=NC2C3CCOC3C2(C)C)c1. The molecule has 1 aliphatic heterocycles. The third-order valence-electron chi connectivity index (χ3n) is 4.66. The minimum Gasteiger partial charge on any atom is -0.497 e. The summed E-state index contributed by atoms with van der Waals surface area (Å²) in [5, 5.41) is 3.14. The molecule has 3 N–H and O–H groups in total. The van der Waals surface area contributed by atoms with Gasteiger partial charge < -0.3 is 20.5 Å². The highest BCUT2D eigenvalue weighted by Gasteiger charge is 2.59. The second-order valence-electron chi connectivity index (χ2n) is 6.38. The number of ether oxygens (including phenoxy) is 2. The van der Waals surface area contributed by atoms with E-state index in [1.54, 1.807) is 7.11 Å². The first-order chi connectivity index (χ1) is 10.0. The lowest BCUT2D eigenvalue weighted by Crippen LogP contribution is -2.59. The Bertz CT molecular complexity index is 556. The maximum atomic E-state index is 6.07. The lowest BCUT2D eigenvalue weighted by atomic mass is 9.57.